The zero-order chi connectivity index (χ0) is 14.4. The predicted molar refractivity (Wildman–Crippen MR) is 88.2 cm³/mol. The van der Waals surface area contributed by atoms with Crippen molar-refractivity contribution < 1.29 is 0 Å². The first kappa shape index (κ1) is 15.7. The van der Waals surface area contributed by atoms with E-state index in [9.17, 15) is 0 Å². The van der Waals surface area contributed by atoms with E-state index in [1.165, 1.54) is 19.4 Å². The maximum Gasteiger partial charge on any atom is 0.128 e. The number of nitrogens with two attached hydrogens (primary N) is 1. The van der Waals surface area contributed by atoms with Crippen molar-refractivity contribution in [3.63, 3.8) is 0 Å². The van der Waals surface area contributed by atoms with Gasteiger partial charge in [0.15, 0.2) is 0 Å². The number of halogens is 1. The summed E-state index contributed by atoms with van der Waals surface area (Å²) < 4.78 is 1.08. The SMILES string of the molecule is Cc1nc(N2CCN(CCCCCN)CC2)ccc1Br. The summed E-state index contributed by atoms with van der Waals surface area (Å²) in [4.78, 5) is 9.59. The van der Waals surface area contributed by atoms with Crippen molar-refractivity contribution in [1.29, 1.82) is 0 Å². The molecular formula is C15H25BrN4. The molecule has 1 aliphatic rings. The maximum absolute atomic E-state index is 5.52. The van der Waals surface area contributed by atoms with Crippen molar-refractivity contribution in [2.45, 2.75) is 26.2 Å². The van der Waals surface area contributed by atoms with Crippen LogP contribution in [0.5, 0.6) is 0 Å². The fraction of sp³-hybridized carbons (Fsp3) is 0.667. The molecule has 0 saturated carbocycles. The molecule has 1 aromatic rings. The van der Waals surface area contributed by atoms with Gasteiger partial charge < -0.3 is 10.6 Å². The maximum atomic E-state index is 5.52. The third kappa shape index (κ3) is 4.43. The molecule has 1 saturated heterocycles. The van der Waals surface area contributed by atoms with Crippen molar-refractivity contribution in [1.82, 2.24) is 9.88 Å². The number of pyridine rings is 1. The van der Waals surface area contributed by atoms with Gasteiger partial charge in [-0.3, -0.25) is 4.90 Å². The summed E-state index contributed by atoms with van der Waals surface area (Å²) in [6.07, 6.45) is 3.68. The topological polar surface area (TPSA) is 45.4 Å². The Labute approximate surface area is 130 Å². The van der Waals surface area contributed by atoms with Crippen LogP contribution >= 0.6 is 15.9 Å². The van der Waals surface area contributed by atoms with Crippen molar-refractivity contribution in [2.24, 2.45) is 5.73 Å². The quantitative estimate of drug-likeness (QED) is 0.807. The van der Waals surface area contributed by atoms with E-state index in [1.807, 2.05) is 6.92 Å². The van der Waals surface area contributed by atoms with E-state index in [1.54, 1.807) is 0 Å². The molecule has 0 aliphatic carbocycles. The number of hydrogen-bond donors (Lipinski definition) is 1. The van der Waals surface area contributed by atoms with Crippen molar-refractivity contribution in [2.75, 3.05) is 44.2 Å². The molecular weight excluding hydrogens is 316 g/mol. The molecule has 2 N–H and O–H groups in total. The van der Waals surface area contributed by atoms with Crippen molar-refractivity contribution in [3.05, 3.63) is 22.3 Å². The fourth-order valence-corrected chi connectivity index (χ4v) is 2.78. The van der Waals surface area contributed by atoms with Gasteiger partial charge in [-0.15, -0.1) is 0 Å². The van der Waals surface area contributed by atoms with Crippen LogP contribution in [0.3, 0.4) is 0 Å². The second kappa shape index (κ2) is 7.96. The Balaban J connectivity index is 1.77. The Morgan fingerprint density at radius 3 is 2.55 bits per heavy atom. The third-order valence-electron chi connectivity index (χ3n) is 3.88. The lowest BCUT2D eigenvalue weighted by atomic mass is 10.2. The number of piperazine rings is 1. The molecule has 0 amide bonds. The standard InChI is InChI=1S/C15H25BrN4/c1-13-14(16)5-6-15(18-13)20-11-9-19(10-12-20)8-4-2-3-7-17/h5-6H,2-4,7-12,17H2,1H3. The predicted octanol–water partition coefficient (Wildman–Crippen LogP) is 2.40. The van der Waals surface area contributed by atoms with E-state index >= 15 is 0 Å². The van der Waals surface area contributed by atoms with E-state index in [2.05, 4.69) is 42.8 Å². The molecule has 20 heavy (non-hydrogen) atoms. The molecule has 0 atom stereocenters. The first-order chi connectivity index (χ1) is 9.70. The Kier molecular flexibility index (Phi) is 6.26. The molecule has 2 heterocycles. The van der Waals surface area contributed by atoms with Gasteiger partial charge in [0.2, 0.25) is 0 Å². The number of hydrogen-bond acceptors (Lipinski definition) is 4. The van der Waals surface area contributed by atoms with Crippen LogP contribution in [0.4, 0.5) is 5.82 Å². The highest BCUT2D eigenvalue weighted by Crippen LogP contribution is 2.20. The molecule has 0 aromatic carbocycles. The van der Waals surface area contributed by atoms with Gasteiger partial charge in [-0.25, -0.2) is 4.98 Å². The van der Waals surface area contributed by atoms with Crippen LogP contribution < -0.4 is 10.6 Å². The van der Waals surface area contributed by atoms with Gasteiger partial charge in [-0.05, 0) is 60.9 Å². The molecule has 1 aliphatic heterocycles. The van der Waals surface area contributed by atoms with Gasteiger partial charge in [0.05, 0.1) is 5.69 Å². The summed E-state index contributed by atoms with van der Waals surface area (Å²) >= 11 is 3.51. The first-order valence-corrected chi connectivity index (χ1v) is 8.30. The van der Waals surface area contributed by atoms with Crippen LogP contribution in [0.25, 0.3) is 0 Å². The van der Waals surface area contributed by atoms with Crippen LogP contribution in [0.15, 0.2) is 16.6 Å². The van der Waals surface area contributed by atoms with Gasteiger partial charge in [-0.2, -0.15) is 0 Å². The highest BCUT2D eigenvalue weighted by atomic mass is 79.9. The molecule has 112 valence electrons. The molecule has 1 fully saturated rings. The monoisotopic (exact) mass is 340 g/mol. The summed E-state index contributed by atoms with van der Waals surface area (Å²) in [5, 5.41) is 0. The van der Waals surface area contributed by atoms with Crippen LogP contribution in [-0.2, 0) is 0 Å². The molecule has 0 bridgehead atoms. The Hall–Kier alpha value is -0.650. The zero-order valence-electron chi connectivity index (χ0n) is 12.3. The normalized spacial score (nSPS) is 16.6. The lowest BCUT2D eigenvalue weighted by Gasteiger charge is -2.35. The van der Waals surface area contributed by atoms with Gasteiger partial charge in [-0.1, -0.05) is 6.42 Å². The van der Waals surface area contributed by atoms with E-state index in [0.717, 1.165) is 55.1 Å². The number of unbranched alkanes of at least 4 members (excludes halogenated alkanes) is 2. The third-order valence-corrected chi connectivity index (χ3v) is 4.72. The van der Waals surface area contributed by atoms with Gasteiger partial charge in [0, 0.05) is 30.7 Å². The number of aryl methyl sites for hydroxylation is 1. The lowest BCUT2D eigenvalue weighted by Crippen LogP contribution is -2.47. The van der Waals surface area contributed by atoms with E-state index < -0.39 is 0 Å². The highest BCUT2D eigenvalue weighted by Gasteiger charge is 2.17. The summed E-state index contributed by atoms with van der Waals surface area (Å²) in [7, 11) is 0. The lowest BCUT2D eigenvalue weighted by molar-refractivity contribution is 0.252. The Morgan fingerprint density at radius 1 is 1.15 bits per heavy atom. The second-order valence-corrected chi connectivity index (χ2v) is 6.27. The summed E-state index contributed by atoms with van der Waals surface area (Å²) in [5.41, 5.74) is 6.58. The molecule has 0 radical (unpaired) electrons. The van der Waals surface area contributed by atoms with Crippen LogP contribution in [0.1, 0.15) is 25.0 Å². The number of anilines is 1. The smallest absolute Gasteiger partial charge is 0.128 e. The minimum absolute atomic E-state index is 0.822. The molecule has 4 nitrogen and oxygen atoms in total. The summed E-state index contributed by atoms with van der Waals surface area (Å²) in [5.74, 6) is 1.11. The molecule has 0 spiro atoms. The Morgan fingerprint density at radius 2 is 1.90 bits per heavy atom. The first-order valence-electron chi connectivity index (χ1n) is 7.51. The molecule has 5 heteroatoms. The number of rotatable bonds is 6. The zero-order valence-corrected chi connectivity index (χ0v) is 13.9. The van der Waals surface area contributed by atoms with E-state index in [4.69, 9.17) is 5.73 Å². The van der Waals surface area contributed by atoms with Crippen LogP contribution in [0.2, 0.25) is 0 Å². The van der Waals surface area contributed by atoms with Crippen LogP contribution in [-0.4, -0.2) is 49.2 Å². The minimum atomic E-state index is 0.822. The van der Waals surface area contributed by atoms with Gasteiger partial charge >= 0.3 is 0 Å². The summed E-state index contributed by atoms with van der Waals surface area (Å²) in [6.45, 7) is 8.50. The number of nitrogens with zero attached hydrogens (tertiary/aromatic N) is 3. The average Bonchev–Trinajstić information content (AvgIpc) is 2.47. The molecule has 0 unspecified atom stereocenters. The van der Waals surface area contributed by atoms with Gasteiger partial charge in [0.1, 0.15) is 5.82 Å². The molecule has 2 rings (SSSR count). The second-order valence-electron chi connectivity index (χ2n) is 5.41. The summed E-state index contributed by atoms with van der Waals surface area (Å²) in [6, 6.07) is 4.20. The number of aromatic nitrogens is 1. The van der Waals surface area contributed by atoms with Crippen molar-refractivity contribution in [3.8, 4) is 0 Å². The van der Waals surface area contributed by atoms with E-state index in [0.29, 0.717) is 0 Å². The van der Waals surface area contributed by atoms with E-state index in [-0.39, 0.29) is 0 Å². The fourth-order valence-electron chi connectivity index (χ4n) is 2.56. The minimum Gasteiger partial charge on any atom is -0.354 e. The van der Waals surface area contributed by atoms with Crippen molar-refractivity contribution >= 4 is 21.7 Å². The average molecular weight is 341 g/mol. The Bertz CT molecular complexity index is 416. The largest absolute Gasteiger partial charge is 0.354 e. The van der Waals surface area contributed by atoms with Crippen LogP contribution in [0, 0.1) is 6.92 Å². The highest BCUT2D eigenvalue weighted by molar-refractivity contribution is 9.10. The molecule has 1 aromatic heterocycles. The van der Waals surface area contributed by atoms with Gasteiger partial charge in [0.25, 0.3) is 0 Å².